The zero-order valence-electron chi connectivity index (χ0n) is 43.3. The minimum atomic E-state index is -1.45. The number of aryl methyl sites for hydroxylation is 2. The molecule has 11 N–H and O–H groups in total. The van der Waals surface area contributed by atoms with Crippen molar-refractivity contribution in [2.45, 2.75) is 115 Å². The van der Waals surface area contributed by atoms with E-state index < -0.39 is 65.7 Å². The summed E-state index contributed by atoms with van der Waals surface area (Å²) in [5, 5.41) is 22.7. The zero-order valence-corrected chi connectivity index (χ0v) is 43.3. The van der Waals surface area contributed by atoms with Crippen LogP contribution in [0.1, 0.15) is 97.7 Å². The second kappa shape index (κ2) is 27.0. The molecule has 21 heteroatoms. The Hall–Kier alpha value is -7.67. The molecule has 21 nitrogen and oxygen atoms in total. The third-order valence-electron chi connectivity index (χ3n) is 13.1. The average Bonchev–Trinajstić information content (AvgIpc) is 3.40. The molecule has 0 radical (unpaired) electrons. The number of nitrogens with two attached hydrogens (primary N) is 3. The molecule has 400 valence electrons. The Morgan fingerprint density at radius 3 is 2.08 bits per heavy atom. The van der Waals surface area contributed by atoms with E-state index in [0.717, 1.165) is 41.9 Å². The van der Waals surface area contributed by atoms with E-state index in [2.05, 4.69) is 36.6 Å². The van der Waals surface area contributed by atoms with Crippen LogP contribution in [0.15, 0.2) is 60.7 Å². The predicted molar refractivity (Wildman–Crippen MR) is 280 cm³/mol. The van der Waals surface area contributed by atoms with Crippen LogP contribution >= 0.6 is 0 Å². The summed E-state index contributed by atoms with van der Waals surface area (Å²) < 4.78 is 18.4. The van der Waals surface area contributed by atoms with E-state index in [9.17, 15) is 34.0 Å². The molecule has 2 heterocycles. The maximum atomic E-state index is 14.8. The standard InChI is InChI=1S/C54H70N12O9/c1-6-41(63-52(70)46-31(2)60-48(61-32(46)3)35-13-16-38(17-14-35)75-37-10-8-7-9-11-37)51(69)64-42(20-21-55)54(72)66(5)47-36-15-19-45(74-27-24-58)40(30-36)39-28-34(12-18-44(39)73-26-23-57)29-43(50(68)59-25-22-56)65-49(67)33(4)62-53(47)71/h12-19,28,30,33,37,41-43,47H,6-11,20-21,23-27,29,55,57-58H2,1-5H3,(H,59,68)(H,62,71)(H,63,70)(H,64,69)(H,65,67)/t33-,41?,42?,43-,47-/m0/s1. The van der Waals surface area contributed by atoms with Gasteiger partial charge in [-0.15, -0.1) is 0 Å². The molecule has 0 spiro atoms. The summed E-state index contributed by atoms with van der Waals surface area (Å²) >= 11 is 0. The third kappa shape index (κ3) is 14.6. The van der Waals surface area contributed by atoms with Gasteiger partial charge in [-0.05, 0) is 125 Å². The summed E-state index contributed by atoms with van der Waals surface area (Å²) in [6, 6.07) is 13.2. The zero-order chi connectivity index (χ0) is 54.2. The Morgan fingerprint density at radius 2 is 1.47 bits per heavy atom. The van der Waals surface area contributed by atoms with Crippen LogP contribution in [0.4, 0.5) is 0 Å². The minimum absolute atomic E-state index is 0.0175. The first-order valence-electron chi connectivity index (χ1n) is 25.5. The molecular weight excluding hydrogens is 961 g/mol. The smallest absolute Gasteiger partial charge is 0.255 e. The summed E-state index contributed by atoms with van der Waals surface area (Å²) in [4.78, 5) is 95.2. The fourth-order valence-electron chi connectivity index (χ4n) is 9.22. The molecule has 1 aliphatic heterocycles. The van der Waals surface area contributed by atoms with Gasteiger partial charge in [0.15, 0.2) is 5.82 Å². The largest absolute Gasteiger partial charge is 0.492 e. The number of carbonyl (C=O) groups excluding carboxylic acids is 6. The number of carbonyl (C=O) groups is 6. The van der Waals surface area contributed by atoms with Crippen molar-refractivity contribution in [1.82, 2.24) is 41.5 Å². The molecule has 5 atom stereocenters. The second-order valence-corrected chi connectivity index (χ2v) is 18.7. The first-order valence-corrected chi connectivity index (χ1v) is 25.5. The van der Waals surface area contributed by atoms with Crippen molar-refractivity contribution in [3.63, 3.8) is 0 Å². The predicted octanol–water partition coefficient (Wildman–Crippen LogP) is 2.54. The number of amides is 6. The van der Waals surface area contributed by atoms with Crippen molar-refractivity contribution < 1.29 is 43.0 Å². The van der Waals surface area contributed by atoms with Gasteiger partial charge in [-0.2, -0.15) is 5.26 Å². The number of hydrogen-bond donors (Lipinski definition) is 8. The molecule has 6 amide bonds. The summed E-state index contributed by atoms with van der Waals surface area (Å²) in [5.74, 6) is -2.22. The first-order chi connectivity index (χ1) is 36.1. The van der Waals surface area contributed by atoms with Crippen LogP contribution in [0.25, 0.3) is 22.5 Å². The average molecular weight is 1030 g/mol. The van der Waals surface area contributed by atoms with Gasteiger partial charge in [0.05, 0.1) is 29.1 Å². The number of nitrogens with zero attached hydrogens (tertiary/aromatic N) is 4. The van der Waals surface area contributed by atoms with Crippen LogP contribution in [0.5, 0.6) is 17.2 Å². The van der Waals surface area contributed by atoms with E-state index in [1.807, 2.05) is 30.3 Å². The summed E-state index contributed by atoms with van der Waals surface area (Å²) in [6.45, 7) is 6.73. The van der Waals surface area contributed by atoms with Gasteiger partial charge in [0.1, 0.15) is 67.2 Å². The molecule has 2 unspecified atom stereocenters. The Kier molecular flexibility index (Phi) is 20.4. The highest BCUT2D eigenvalue weighted by Gasteiger charge is 2.37. The van der Waals surface area contributed by atoms with E-state index in [1.165, 1.54) is 20.4 Å². The van der Waals surface area contributed by atoms with E-state index in [-0.39, 0.29) is 75.9 Å². The van der Waals surface area contributed by atoms with E-state index in [0.29, 0.717) is 45.4 Å². The van der Waals surface area contributed by atoms with Gasteiger partial charge in [0.2, 0.25) is 29.5 Å². The maximum absolute atomic E-state index is 14.8. The fraction of sp³-hybridized carbons (Fsp3) is 0.463. The highest BCUT2D eigenvalue weighted by Crippen LogP contribution is 2.40. The van der Waals surface area contributed by atoms with Crippen LogP contribution in [0.2, 0.25) is 0 Å². The van der Waals surface area contributed by atoms with Gasteiger partial charge in [-0.1, -0.05) is 25.5 Å². The van der Waals surface area contributed by atoms with Crippen molar-refractivity contribution in [3.05, 3.63) is 88.7 Å². The number of rotatable bonds is 20. The molecule has 1 saturated carbocycles. The number of aromatic nitrogens is 2. The lowest BCUT2D eigenvalue weighted by molar-refractivity contribution is -0.143. The quantitative estimate of drug-likeness (QED) is 0.0590. The van der Waals surface area contributed by atoms with Gasteiger partial charge in [0.25, 0.3) is 5.91 Å². The Morgan fingerprint density at radius 1 is 0.827 bits per heavy atom. The van der Waals surface area contributed by atoms with Crippen LogP contribution in [-0.4, -0.2) is 127 Å². The van der Waals surface area contributed by atoms with Gasteiger partial charge < -0.3 is 62.9 Å². The molecule has 4 aromatic rings. The molecule has 1 aliphatic carbocycles. The monoisotopic (exact) mass is 1030 g/mol. The molecular formula is C54H70N12O9. The molecule has 6 rings (SSSR count). The van der Waals surface area contributed by atoms with Gasteiger partial charge in [0, 0.05) is 43.2 Å². The molecule has 1 aromatic heterocycles. The van der Waals surface area contributed by atoms with Crippen LogP contribution < -0.4 is 58.0 Å². The van der Waals surface area contributed by atoms with Crippen molar-refractivity contribution in [2.24, 2.45) is 17.2 Å². The molecule has 1 fully saturated rings. The normalized spacial score (nSPS) is 17.6. The van der Waals surface area contributed by atoms with Crippen molar-refractivity contribution in [2.75, 3.05) is 46.4 Å². The van der Waals surface area contributed by atoms with Crippen LogP contribution in [-0.2, 0) is 30.4 Å². The fourth-order valence-corrected chi connectivity index (χ4v) is 9.22. The van der Waals surface area contributed by atoms with Crippen molar-refractivity contribution in [1.29, 1.82) is 5.26 Å². The molecule has 4 bridgehead atoms. The number of fused-ring (bicyclic) bond motifs is 5. The number of benzene rings is 3. The first kappa shape index (κ1) is 56.6. The van der Waals surface area contributed by atoms with E-state index >= 15 is 0 Å². The molecule has 75 heavy (non-hydrogen) atoms. The van der Waals surface area contributed by atoms with Crippen molar-refractivity contribution in [3.8, 4) is 45.8 Å². The number of ether oxygens (including phenoxy) is 3. The molecule has 2 aliphatic rings. The SMILES string of the molecule is CCC(NC(=O)c1c(C)nc(-c2ccc(OC3CCCCC3)cc2)nc1C)C(=O)NC(CCN)C(=O)N(C)[C@@H]1C(=O)N[C@@H](C)C(=O)N[C@H](C(=O)NCC#N)Cc2ccc(OCCN)c(c2)-c2cc1ccc2OCCN. The topological polar surface area (TPSA) is 321 Å². The summed E-state index contributed by atoms with van der Waals surface area (Å²) in [5.41, 5.74) is 21.2. The Bertz CT molecular complexity index is 2700. The van der Waals surface area contributed by atoms with Crippen molar-refractivity contribution >= 4 is 35.4 Å². The summed E-state index contributed by atoms with van der Waals surface area (Å²) in [7, 11) is 1.38. The van der Waals surface area contributed by atoms with E-state index in [4.69, 9.17) is 31.4 Å². The third-order valence-corrected chi connectivity index (χ3v) is 13.1. The maximum Gasteiger partial charge on any atom is 0.255 e. The molecule has 3 aromatic carbocycles. The number of nitrogens with one attached hydrogen (secondary N) is 5. The van der Waals surface area contributed by atoms with E-state index in [1.54, 1.807) is 57.2 Å². The Balaban J connectivity index is 1.28. The lowest BCUT2D eigenvalue weighted by Gasteiger charge is -2.33. The lowest BCUT2D eigenvalue weighted by Crippen LogP contribution is -2.57. The highest BCUT2D eigenvalue weighted by molar-refractivity contribution is 6.00. The minimum Gasteiger partial charge on any atom is -0.492 e. The lowest BCUT2D eigenvalue weighted by atomic mass is 9.93. The highest BCUT2D eigenvalue weighted by atomic mass is 16.5. The second-order valence-electron chi connectivity index (χ2n) is 18.7. The van der Waals surface area contributed by atoms with Crippen LogP contribution in [0, 0.1) is 25.2 Å². The summed E-state index contributed by atoms with van der Waals surface area (Å²) in [6.07, 6.45) is 5.88. The number of likely N-dealkylation sites (N-methyl/N-ethyl adjacent to an activating group) is 1. The van der Waals surface area contributed by atoms with Gasteiger partial charge in [-0.3, -0.25) is 28.8 Å². The van der Waals surface area contributed by atoms with Gasteiger partial charge >= 0.3 is 0 Å². The molecule has 0 saturated heterocycles. The Labute approximate surface area is 437 Å². The van der Waals surface area contributed by atoms with Gasteiger partial charge in [-0.25, -0.2) is 9.97 Å². The number of hydrogen-bond acceptors (Lipinski definition) is 15. The number of nitriles is 1. The van der Waals surface area contributed by atoms with Crippen LogP contribution in [0.3, 0.4) is 0 Å².